The van der Waals surface area contributed by atoms with Crippen molar-refractivity contribution in [2.75, 3.05) is 19.5 Å². The minimum absolute atomic E-state index is 0.0254. The number of unbranched alkanes of at least 4 members (excludes halogenated alkanes) is 1. The predicted octanol–water partition coefficient (Wildman–Crippen LogP) is 5.88. The number of nitrogens with zero attached hydrogens (tertiary/aromatic N) is 2. The molecule has 0 saturated carbocycles. The van der Waals surface area contributed by atoms with E-state index in [4.69, 9.17) is 19.2 Å². The van der Waals surface area contributed by atoms with Gasteiger partial charge < -0.3 is 14.2 Å². The van der Waals surface area contributed by atoms with Crippen molar-refractivity contribution < 1.29 is 28.6 Å². The summed E-state index contributed by atoms with van der Waals surface area (Å²) in [6, 6.07) is 15.2. The van der Waals surface area contributed by atoms with E-state index >= 15 is 0 Å². The highest BCUT2D eigenvalue weighted by Gasteiger charge is 2.51. The Bertz CT molecular complexity index is 1210. The second-order valence-electron chi connectivity index (χ2n) is 10.6. The molecular weight excluding hydrogens is 528 g/mol. The molecule has 0 spiro atoms. The van der Waals surface area contributed by atoms with Gasteiger partial charge in [-0.3, -0.25) is 9.79 Å². The van der Waals surface area contributed by atoms with E-state index in [2.05, 4.69) is 6.92 Å². The smallest absolute Gasteiger partial charge is 0.342 e. The van der Waals surface area contributed by atoms with E-state index in [1.54, 1.807) is 25.3 Å². The number of esters is 3. The number of ether oxygens (including phenoxy) is 3. The van der Waals surface area contributed by atoms with E-state index < -0.39 is 28.4 Å². The molecule has 2 aromatic rings. The summed E-state index contributed by atoms with van der Waals surface area (Å²) in [7, 11) is 1.37. The first-order valence-electron chi connectivity index (χ1n) is 13.6. The van der Waals surface area contributed by atoms with Gasteiger partial charge in [0.15, 0.2) is 0 Å². The molecule has 0 saturated heterocycles. The van der Waals surface area contributed by atoms with Crippen LogP contribution in [-0.4, -0.2) is 65.1 Å². The third-order valence-corrected chi connectivity index (χ3v) is 7.70. The van der Waals surface area contributed by atoms with Crippen molar-refractivity contribution >= 4 is 35.9 Å². The van der Waals surface area contributed by atoms with Crippen molar-refractivity contribution in [1.82, 2.24) is 4.90 Å². The molecule has 216 valence electrons. The molecule has 2 unspecified atom stereocenters. The number of thioether (sulfide) groups is 1. The second kappa shape index (κ2) is 13.9. The molecule has 1 aliphatic rings. The quantitative estimate of drug-likeness (QED) is 0.232. The number of carbonyl (C=O) groups is 3. The van der Waals surface area contributed by atoms with Gasteiger partial charge in [-0.2, -0.15) is 0 Å². The normalized spacial score (nSPS) is 18.9. The zero-order valence-electron chi connectivity index (χ0n) is 24.3. The third-order valence-electron chi connectivity index (χ3n) is 6.37. The lowest BCUT2D eigenvalue weighted by molar-refractivity contribution is -0.151. The molecule has 9 heteroatoms. The van der Waals surface area contributed by atoms with Gasteiger partial charge in [0.25, 0.3) is 0 Å². The molecule has 8 nitrogen and oxygen atoms in total. The standard InChI is InChI=1S/C31H40N2O6S/c1-7-9-14-26-32-21-31(29(36)38-8-2,40-20-27(34)39-30(3,4)5)33(26)19-22-15-17-23(18-16-22)24-12-10-11-13-25(24)28(35)37-6/h10-13,15-18,21,26H,7-9,14,19-20H2,1-6H3. The van der Waals surface area contributed by atoms with E-state index in [9.17, 15) is 14.4 Å². The number of hydrogen-bond donors (Lipinski definition) is 0. The van der Waals surface area contributed by atoms with Crippen LogP contribution in [-0.2, 0) is 30.3 Å². The van der Waals surface area contributed by atoms with E-state index in [1.807, 2.05) is 62.1 Å². The number of aliphatic imine (C=N–C) groups is 1. The number of rotatable bonds is 12. The number of methoxy groups -OCH3 is 1. The molecule has 40 heavy (non-hydrogen) atoms. The summed E-state index contributed by atoms with van der Waals surface area (Å²) in [6.07, 6.45) is 4.10. The molecule has 0 aliphatic carbocycles. The van der Waals surface area contributed by atoms with Crippen molar-refractivity contribution in [2.24, 2.45) is 4.99 Å². The molecule has 0 N–H and O–H groups in total. The summed E-state index contributed by atoms with van der Waals surface area (Å²) >= 11 is 1.18. The Kier molecular flexibility index (Phi) is 10.9. The number of carbonyl (C=O) groups excluding carboxylic acids is 3. The van der Waals surface area contributed by atoms with Crippen molar-refractivity contribution in [3.63, 3.8) is 0 Å². The largest absolute Gasteiger partial charge is 0.465 e. The van der Waals surface area contributed by atoms with Crippen LogP contribution in [0, 0.1) is 0 Å². The Morgan fingerprint density at radius 1 is 1.05 bits per heavy atom. The molecular formula is C31H40N2O6S. The first-order valence-corrected chi connectivity index (χ1v) is 14.6. The van der Waals surface area contributed by atoms with Gasteiger partial charge in [-0.05, 0) is 56.9 Å². The van der Waals surface area contributed by atoms with Gasteiger partial charge in [0.1, 0.15) is 11.8 Å². The Labute approximate surface area is 241 Å². The molecule has 0 amide bonds. The molecule has 2 aromatic carbocycles. The maximum absolute atomic E-state index is 13.5. The van der Waals surface area contributed by atoms with Crippen molar-refractivity contribution in [1.29, 1.82) is 0 Å². The highest BCUT2D eigenvalue weighted by atomic mass is 32.2. The van der Waals surface area contributed by atoms with Gasteiger partial charge in [0.2, 0.25) is 4.87 Å². The predicted molar refractivity (Wildman–Crippen MR) is 158 cm³/mol. The van der Waals surface area contributed by atoms with Crippen molar-refractivity contribution in [2.45, 2.75) is 77.1 Å². The lowest BCUT2D eigenvalue weighted by Crippen LogP contribution is -2.54. The van der Waals surface area contributed by atoms with E-state index in [1.165, 1.54) is 18.9 Å². The van der Waals surface area contributed by atoms with Crippen LogP contribution >= 0.6 is 11.8 Å². The summed E-state index contributed by atoms with van der Waals surface area (Å²) in [5.74, 6) is -1.27. The Morgan fingerprint density at radius 3 is 2.38 bits per heavy atom. The van der Waals surface area contributed by atoms with Gasteiger partial charge in [0.05, 0.1) is 25.0 Å². The lowest BCUT2D eigenvalue weighted by Gasteiger charge is -2.37. The fourth-order valence-electron chi connectivity index (χ4n) is 4.54. The molecule has 2 atom stereocenters. The average Bonchev–Trinajstić information content (AvgIpc) is 3.27. The van der Waals surface area contributed by atoms with Crippen LogP contribution < -0.4 is 0 Å². The molecule has 0 fully saturated rings. The molecule has 0 aromatic heterocycles. The first kappa shape index (κ1) is 31.4. The molecule has 3 rings (SSSR count). The Morgan fingerprint density at radius 2 is 1.75 bits per heavy atom. The van der Waals surface area contributed by atoms with E-state index in [0.717, 1.165) is 36.0 Å². The zero-order valence-corrected chi connectivity index (χ0v) is 25.1. The molecule has 0 radical (unpaired) electrons. The van der Waals surface area contributed by atoms with Gasteiger partial charge in [-0.15, -0.1) is 11.8 Å². The fraction of sp³-hybridized carbons (Fsp3) is 0.484. The molecule has 0 bridgehead atoms. The topological polar surface area (TPSA) is 94.5 Å². The Hall–Kier alpha value is -3.17. The van der Waals surface area contributed by atoms with Crippen LogP contribution in [0.5, 0.6) is 0 Å². The van der Waals surface area contributed by atoms with Crippen molar-refractivity contribution in [3.05, 3.63) is 59.7 Å². The van der Waals surface area contributed by atoms with Crippen LogP contribution in [0.15, 0.2) is 53.5 Å². The van der Waals surface area contributed by atoms with E-state index in [0.29, 0.717) is 12.1 Å². The summed E-state index contributed by atoms with van der Waals surface area (Å²) in [4.78, 5) is 43.9. The minimum Gasteiger partial charge on any atom is -0.465 e. The van der Waals surface area contributed by atoms with E-state index in [-0.39, 0.29) is 18.5 Å². The Balaban J connectivity index is 1.92. The van der Waals surface area contributed by atoms with Gasteiger partial charge in [-0.1, -0.05) is 62.2 Å². The van der Waals surface area contributed by atoms with Crippen LogP contribution in [0.1, 0.15) is 69.8 Å². The summed E-state index contributed by atoms with van der Waals surface area (Å²) < 4.78 is 16.0. The second-order valence-corrected chi connectivity index (χ2v) is 11.8. The molecule has 1 heterocycles. The third kappa shape index (κ3) is 7.73. The van der Waals surface area contributed by atoms with Gasteiger partial charge in [-0.25, -0.2) is 14.5 Å². The summed E-state index contributed by atoms with van der Waals surface area (Å²) in [5.41, 5.74) is 2.47. The summed E-state index contributed by atoms with van der Waals surface area (Å²) in [5, 5.41) is 0. The summed E-state index contributed by atoms with van der Waals surface area (Å²) in [6.45, 7) is 9.94. The van der Waals surface area contributed by atoms with Crippen molar-refractivity contribution in [3.8, 4) is 11.1 Å². The maximum atomic E-state index is 13.5. The number of hydrogen-bond acceptors (Lipinski definition) is 9. The monoisotopic (exact) mass is 568 g/mol. The van der Waals surface area contributed by atoms with Gasteiger partial charge >= 0.3 is 17.9 Å². The average molecular weight is 569 g/mol. The van der Waals surface area contributed by atoms with Crippen LogP contribution in [0.3, 0.4) is 0 Å². The minimum atomic E-state index is -1.26. The highest BCUT2D eigenvalue weighted by Crippen LogP contribution is 2.39. The van der Waals surface area contributed by atoms with Crippen LogP contribution in [0.4, 0.5) is 0 Å². The van der Waals surface area contributed by atoms with Gasteiger partial charge in [0, 0.05) is 12.8 Å². The zero-order chi connectivity index (χ0) is 29.3. The SMILES string of the molecule is CCCCC1N=CC(SCC(=O)OC(C)(C)C)(C(=O)OCC)N1Cc1ccc(-c2ccccc2C(=O)OC)cc1. The highest BCUT2D eigenvalue weighted by molar-refractivity contribution is 8.02. The van der Waals surface area contributed by atoms with Crippen LogP contribution in [0.25, 0.3) is 11.1 Å². The maximum Gasteiger partial charge on any atom is 0.342 e. The first-order chi connectivity index (χ1) is 19.0. The molecule has 1 aliphatic heterocycles. The number of benzene rings is 2. The lowest BCUT2D eigenvalue weighted by atomic mass is 9.98. The fourth-order valence-corrected chi connectivity index (χ4v) is 5.60. The van der Waals surface area contributed by atoms with Crippen LogP contribution in [0.2, 0.25) is 0 Å².